The Morgan fingerprint density at radius 1 is 1.27 bits per heavy atom. The van der Waals surface area contributed by atoms with Crippen molar-refractivity contribution in [2.75, 3.05) is 7.11 Å². The Bertz CT molecular complexity index is 518. The highest BCUT2D eigenvalue weighted by atomic mass is 16.5. The first-order valence-electron chi connectivity index (χ1n) is 6.83. The van der Waals surface area contributed by atoms with Gasteiger partial charge in [-0.1, -0.05) is 30.3 Å². The summed E-state index contributed by atoms with van der Waals surface area (Å²) in [6.45, 7) is 0. The Hall–Kier alpha value is -2.41. The summed E-state index contributed by atoms with van der Waals surface area (Å²) in [5.74, 6) is -2.19. The van der Waals surface area contributed by atoms with Gasteiger partial charge in [-0.15, -0.1) is 0 Å². The maximum absolute atomic E-state index is 11.8. The molecule has 120 valence electrons. The molecule has 1 aromatic rings. The molecule has 1 rings (SSSR count). The van der Waals surface area contributed by atoms with E-state index in [0.29, 0.717) is 0 Å². The molecule has 1 amide bonds. The molecule has 0 fully saturated rings. The molecule has 0 aromatic heterocycles. The zero-order chi connectivity index (χ0) is 16.5. The number of ether oxygens (including phenoxy) is 1. The fourth-order valence-electron chi connectivity index (χ4n) is 1.87. The first-order chi connectivity index (χ1) is 10.4. The van der Waals surface area contributed by atoms with Crippen LogP contribution in [0.3, 0.4) is 0 Å². The van der Waals surface area contributed by atoms with E-state index in [1.54, 1.807) is 24.3 Å². The molecule has 4 N–H and O–H groups in total. The smallest absolute Gasteiger partial charge is 0.326 e. The number of esters is 1. The monoisotopic (exact) mass is 308 g/mol. The first-order valence-corrected chi connectivity index (χ1v) is 6.83. The number of nitrogens with two attached hydrogens (primary N) is 1. The van der Waals surface area contributed by atoms with Gasteiger partial charge in [-0.2, -0.15) is 0 Å². The van der Waals surface area contributed by atoms with Gasteiger partial charge in [0.25, 0.3) is 0 Å². The molecule has 0 aliphatic carbocycles. The Morgan fingerprint density at radius 3 is 2.45 bits per heavy atom. The van der Waals surface area contributed by atoms with Crippen molar-refractivity contribution in [2.24, 2.45) is 5.73 Å². The standard InChI is InChI=1S/C15H20N2O5/c1-22-15(21)11(16)7-8-13(18)17-12(14(19)20)9-10-5-3-2-4-6-10/h2-6,11-12H,7-9,16H2,1H3,(H,17,18)(H,19,20)/t11-,12-/m0/s1. The molecule has 0 heterocycles. The number of methoxy groups -OCH3 is 1. The van der Waals surface area contributed by atoms with Crippen LogP contribution in [0.2, 0.25) is 0 Å². The van der Waals surface area contributed by atoms with Gasteiger partial charge in [0.1, 0.15) is 12.1 Å². The molecule has 1 aromatic carbocycles. The average molecular weight is 308 g/mol. The third-order valence-electron chi connectivity index (χ3n) is 3.10. The van der Waals surface area contributed by atoms with Crippen LogP contribution in [0.5, 0.6) is 0 Å². The number of rotatable bonds is 8. The molecule has 0 spiro atoms. The van der Waals surface area contributed by atoms with E-state index in [1.807, 2.05) is 6.07 Å². The van der Waals surface area contributed by atoms with Crippen LogP contribution in [-0.4, -0.2) is 42.1 Å². The lowest BCUT2D eigenvalue weighted by Crippen LogP contribution is -2.43. The lowest BCUT2D eigenvalue weighted by Gasteiger charge is -2.15. The number of nitrogens with one attached hydrogen (secondary N) is 1. The van der Waals surface area contributed by atoms with Crippen molar-refractivity contribution in [1.82, 2.24) is 5.32 Å². The Balaban J connectivity index is 2.51. The minimum absolute atomic E-state index is 0.0468. The van der Waals surface area contributed by atoms with Crippen molar-refractivity contribution in [3.8, 4) is 0 Å². The number of aliphatic carboxylic acids is 1. The number of benzene rings is 1. The molecule has 0 bridgehead atoms. The molecule has 2 atom stereocenters. The van der Waals surface area contributed by atoms with Gasteiger partial charge in [-0.05, 0) is 12.0 Å². The molecule has 0 aliphatic rings. The zero-order valence-corrected chi connectivity index (χ0v) is 12.3. The summed E-state index contributed by atoms with van der Waals surface area (Å²) >= 11 is 0. The highest BCUT2D eigenvalue weighted by Crippen LogP contribution is 2.04. The molecular formula is C15H20N2O5. The number of carbonyl (C=O) groups is 3. The van der Waals surface area contributed by atoms with E-state index < -0.39 is 29.9 Å². The van der Waals surface area contributed by atoms with Crippen LogP contribution in [0, 0.1) is 0 Å². The molecule has 0 unspecified atom stereocenters. The molecule has 0 saturated heterocycles. The second-order valence-corrected chi connectivity index (χ2v) is 4.82. The van der Waals surface area contributed by atoms with E-state index in [1.165, 1.54) is 7.11 Å². The third-order valence-corrected chi connectivity index (χ3v) is 3.10. The minimum atomic E-state index is -1.12. The van der Waals surface area contributed by atoms with Crippen LogP contribution in [0.15, 0.2) is 30.3 Å². The summed E-state index contributed by atoms with van der Waals surface area (Å²) in [4.78, 5) is 34.1. The zero-order valence-electron chi connectivity index (χ0n) is 12.3. The SMILES string of the molecule is COC(=O)[C@@H](N)CCC(=O)N[C@@H](Cc1ccccc1)C(=O)O. The maximum atomic E-state index is 11.8. The van der Waals surface area contributed by atoms with Gasteiger partial charge in [0.05, 0.1) is 7.11 Å². The van der Waals surface area contributed by atoms with Gasteiger partial charge in [-0.3, -0.25) is 9.59 Å². The van der Waals surface area contributed by atoms with E-state index in [2.05, 4.69) is 10.1 Å². The lowest BCUT2D eigenvalue weighted by atomic mass is 10.1. The van der Waals surface area contributed by atoms with Crippen LogP contribution in [0.4, 0.5) is 0 Å². The maximum Gasteiger partial charge on any atom is 0.326 e. The van der Waals surface area contributed by atoms with Gasteiger partial charge in [0, 0.05) is 12.8 Å². The number of hydrogen-bond donors (Lipinski definition) is 3. The summed E-state index contributed by atoms with van der Waals surface area (Å²) in [7, 11) is 1.21. The summed E-state index contributed by atoms with van der Waals surface area (Å²) in [6, 6.07) is 7.07. The molecule has 0 radical (unpaired) electrons. The molecule has 22 heavy (non-hydrogen) atoms. The van der Waals surface area contributed by atoms with Crippen molar-refractivity contribution in [3.63, 3.8) is 0 Å². The van der Waals surface area contributed by atoms with Crippen molar-refractivity contribution < 1.29 is 24.2 Å². The van der Waals surface area contributed by atoms with E-state index in [-0.39, 0.29) is 19.3 Å². The second kappa shape index (κ2) is 8.78. The largest absolute Gasteiger partial charge is 0.480 e. The number of carboxylic acid groups (broad SMARTS) is 1. The summed E-state index contributed by atoms with van der Waals surface area (Å²) < 4.78 is 4.45. The van der Waals surface area contributed by atoms with Crippen molar-refractivity contribution >= 4 is 17.8 Å². The highest BCUT2D eigenvalue weighted by Gasteiger charge is 2.21. The van der Waals surface area contributed by atoms with Gasteiger partial charge < -0.3 is 20.9 Å². The van der Waals surface area contributed by atoms with Gasteiger partial charge in [-0.25, -0.2) is 4.79 Å². The quantitative estimate of drug-likeness (QED) is 0.585. The van der Waals surface area contributed by atoms with E-state index in [9.17, 15) is 19.5 Å². The van der Waals surface area contributed by atoms with Gasteiger partial charge in [0.15, 0.2) is 0 Å². The number of amides is 1. The Labute approximate surface area is 128 Å². The molecule has 0 aliphatic heterocycles. The first kappa shape index (κ1) is 17.6. The number of carbonyl (C=O) groups excluding carboxylic acids is 2. The Morgan fingerprint density at radius 2 is 1.91 bits per heavy atom. The van der Waals surface area contributed by atoms with Crippen molar-refractivity contribution in [1.29, 1.82) is 0 Å². The molecule has 0 saturated carbocycles. The second-order valence-electron chi connectivity index (χ2n) is 4.82. The highest BCUT2D eigenvalue weighted by molar-refractivity contribution is 5.84. The van der Waals surface area contributed by atoms with Crippen LogP contribution in [0.1, 0.15) is 18.4 Å². The molecular weight excluding hydrogens is 288 g/mol. The minimum Gasteiger partial charge on any atom is -0.480 e. The number of hydrogen-bond acceptors (Lipinski definition) is 5. The predicted octanol–water partition coefficient (Wildman–Crippen LogP) is 0.0790. The van der Waals surface area contributed by atoms with Gasteiger partial charge >= 0.3 is 11.9 Å². The van der Waals surface area contributed by atoms with Crippen LogP contribution >= 0.6 is 0 Å². The Kier molecular flexibility index (Phi) is 7.04. The van der Waals surface area contributed by atoms with E-state index >= 15 is 0 Å². The van der Waals surface area contributed by atoms with Crippen LogP contribution in [0.25, 0.3) is 0 Å². The van der Waals surface area contributed by atoms with Gasteiger partial charge in [0.2, 0.25) is 5.91 Å². The van der Waals surface area contributed by atoms with Crippen molar-refractivity contribution in [2.45, 2.75) is 31.3 Å². The summed E-state index contributed by atoms with van der Waals surface area (Å²) in [5.41, 5.74) is 6.33. The topological polar surface area (TPSA) is 119 Å². The average Bonchev–Trinajstić information content (AvgIpc) is 2.52. The van der Waals surface area contributed by atoms with E-state index in [0.717, 1.165) is 5.56 Å². The van der Waals surface area contributed by atoms with Crippen LogP contribution in [-0.2, 0) is 25.5 Å². The predicted molar refractivity (Wildman–Crippen MR) is 78.9 cm³/mol. The van der Waals surface area contributed by atoms with Crippen molar-refractivity contribution in [3.05, 3.63) is 35.9 Å². The van der Waals surface area contributed by atoms with Crippen LogP contribution < -0.4 is 11.1 Å². The third kappa shape index (κ3) is 5.92. The lowest BCUT2D eigenvalue weighted by molar-refractivity contribution is -0.143. The molecule has 7 heteroatoms. The molecule has 7 nitrogen and oxygen atoms in total. The normalized spacial score (nSPS) is 13.0. The fraction of sp³-hybridized carbons (Fsp3) is 0.400. The summed E-state index contributed by atoms with van der Waals surface area (Å²) in [6.07, 6.45) is 0.232. The number of carboxylic acids is 1. The summed E-state index contributed by atoms with van der Waals surface area (Å²) in [5, 5.41) is 11.6. The van der Waals surface area contributed by atoms with E-state index in [4.69, 9.17) is 5.73 Å². The fourth-order valence-corrected chi connectivity index (χ4v) is 1.87.